The smallest absolute Gasteiger partial charge is 0.450 e. The van der Waals surface area contributed by atoms with Crippen molar-refractivity contribution >= 4 is 11.0 Å². The third-order valence-electron chi connectivity index (χ3n) is 5.11. The molecule has 2 aromatic carbocycles. The molecule has 6 heteroatoms. The van der Waals surface area contributed by atoms with Crippen LogP contribution in [0.1, 0.15) is 38.0 Å². The fourth-order valence-electron chi connectivity index (χ4n) is 3.43. The summed E-state index contributed by atoms with van der Waals surface area (Å²) in [6, 6.07) is 10.3. The minimum absolute atomic E-state index is 0.0330. The predicted molar refractivity (Wildman–Crippen MR) is 102 cm³/mol. The van der Waals surface area contributed by atoms with Gasteiger partial charge in [0.1, 0.15) is 11.3 Å². The third-order valence-corrected chi connectivity index (χ3v) is 5.11. The summed E-state index contributed by atoms with van der Waals surface area (Å²) in [6.45, 7) is 3.95. The first-order chi connectivity index (χ1) is 13.3. The van der Waals surface area contributed by atoms with E-state index in [9.17, 15) is 23.1 Å². The molecule has 3 aromatic rings. The van der Waals surface area contributed by atoms with Crippen LogP contribution < -0.4 is 5.43 Å². The standard InChI is InChI=1S/C22H21F3O3/c1-3-13(4-2)12-16-17(26)11-10-15-19(27)18(14-8-6-5-7-9-14)21(22(23,24)25)28-20(15)16/h5-11,13,26H,3-4,12H2,1-2H3. The van der Waals surface area contributed by atoms with Crippen molar-refractivity contribution in [3.8, 4) is 16.9 Å². The predicted octanol–water partition coefficient (Wildman–Crippen LogP) is 6.16. The van der Waals surface area contributed by atoms with Gasteiger partial charge in [-0.2, -0.15) is 13.2 Å². The van der Waals surface area contributed by atoms with Crippen LogP contribution >= 0.6 is 0 Å². The van der Waals surface area contributed by atoms with Gasteiger partial charge in [-0.3, -0.25) is 4.79 Å². The summed E-state index contributed by atoms with van der Waals surface area (Å²) in [6.07, 6.45) is -2.92. The van der Waals surface area contributed by atoms with Crippen LogP contribution in [-0.2, 0) is 12.6 Å². The molecular weight excluding hydrogens is 369 g/mol. The molecule has 0 atom stereocenters. The van der Waals surface area contributed by atoms with Crippen molar-refractivity contribution in [1.29, 1.82) is 0 Å². The highest BCUT2D eigenvalue weighted by atomic mass is 19.4. The minimum Gasteiger partial charge on any atom is -0.508 e. The van der Waals surface area contributed by atoms with Crippen molar-refractivity contribution in [3.63, 3.8) is 0 Å². The molecule has 0 aliphatic heterocycles. The number of alkyl halides is 3. The van der Waals surface area contributed by atoms with Gasteiger partial charge in [-0.25, -0.2) is 0 Å². The molecule has 0 spiro atoms. The molecule has 3 rings (SSSR count). The zero-order valence-electron chi connectivity index (χ0n) is 15.6. The first-order valence-corrected chi connectivity index (χ1v) is 9.22. The van der Waals surface area contributed by atoms with E-state index in [0.29, 0.717) is 6.42 Å². The van der Waals surface area contributed by atoms with Crippen LogP contribution in [0, 0.1) is 5.92 Å². The maximum atomic E-state index is 13.8. The van der Waals surface area contributed by atoms with Crippen LogP contribution in [0.4, 0.5) is 13.2 Å². The molecule has 0 aliphatic rings. The fraction of sp³-hybridized carbons (Fsp3) is 0.318. The third kappa shape index (κ3) is 3.63. The number of rotatable bonds is 5. The van der Waals surface area contributed by atoms with Gasteiger partial charge in [-0.05, 0) is 30.0 Å². The Morgan fingerprint density at radius 2 is 1.68 bits per heavy atom. The summed E-state index contributed by atoms with van der Waals surface area (Å²) >= 11 is 0. The van der Waals surface area contributed by atoms with E-state index in [4.69, 9.17) is 4.42 Å². The summed E-state index contributed by atoms with van der Waals surface area (Å²) < 4.78 is 46.6. The lowest BCUT2D eigenvalue weighted by Crippen LogP contribution is -2.17. The second-order valence-corrected chi connectivity index (χ2v) is 6.83. The Bertz CT molecular complexity index is 1030. The lowest BCUT2D eigenvalue weighted by molar-refractivity contribution is -0.152. The molecular formula is C22H21F3O3. The summed E-state index contributed by atoms with van der Waals surface area (Å²) in [5.41, 5.74) is -1.08. The van der Waals surface area contributed by atoms with Crippen LogP contribution in [0.5, 0.6) is 5.75 Å². The highest BCUT2D eigenvalue weighted by Crippen LogP contribution is 2.39. The van der Waals surface area contributed by atoms with E-state index >= 15 is 0 Å². The molecule has 1 aromatic heterocycles. The van der Waals surface area contributed by atoms with Crippen LogP contribution in [0.15, 0.2) is 51.7 Å². The molecule has 3 nitrogen and oxygen atoms in total. The van der Waals surface area contributed by atoms with Crippen molar-refractivity contribution in [2.45, 2.75) is 39.3 Å². The quantitative estimate of drug-likeness (QED) is 0.567. The zero-order chi connectivity index (χ0) is 20.5. The maximum Gasteiger partial charge on any atom is 0.450 e. The van der Waals surface area contributed by atoms with E-state index in [1.54, 1.807) is 18.2 Å². The molecule has 0 radical (unpaired) electrons. The Morgan fingerprint density at radius 3 is 2.25 bits per heavy atom. The summed E-state index contributed by atoms with van der Waals surface area (Å²) in [4.78, 5) is 13.0. The van der Waals surface area contributed by atoms with Crippen LogP contribution in [0.25, 0.3) is 22.1 Å². The molecule has 0 saturated carbocycles. The van der Waals surface area contributed by atoms with Gasteiger partial charge in [0.05, 0.1) is 10.9 Å². The van der Waals surface area contributed by atoms with Gasteiger partial charge in [-0.15, -0.1) is 0 Å². The molecule has 0 unspecified atom stereocenters. The minimum atomic E-state index is -4.85. The Morgan fingerprint density at radius 1 is 1.04 bits per heavy atom. The van der Waals surface area contributed by atoms with Crippen LogP contribution in [-0.4, -0.2) is 5.11 Å². The van der Waals surface area contributed by atoms with Gasteiger partial charge < -0.3 is 9.52 Å². The first-order valence-electron chi connectivity index (χ1n) is 9.22. The van der Waals surface area contributed by atoms with E-state index in [-0.39, 0.29) is 33.8 Å². The van der Waals surface area contributed by atoms with Gasteiger partial charge in [0.25, 0.3) is 0 Å². The van der Waals surface area contributed by atoms with Gasteiger partial charge in [0.15, 0.2) is 0 Å². The van der Waals surface area contributed by atoms with Crippen molar-refractivity contribution < 1.29 is 22.7 Å². The van der Waals surface area contributed by atoms with E-state index in [1.165, 1.54) is 24.3 Å². The number of fused-ring (bicyclic) bond motifs is 1. The van der Waals surface area contributed by atoms with E-state index in [1.807, 2.05) is 13.8 Å². The second-order valence-electron chi connectivity index (χ2n) is 6.83. The van der Waals surface area contributed by atoms with Gasteiger partial charge in [0.2, 0.25) is 11.2 Å². The molecule has 0 bridgehead atoms. The van der Waals surface area contributed by atoms with E-state index in [0.717, 1.165) is 12.8 Å². The Balaban J connectivity index is 2.38. The summed E-state index contributed by atoms with van der Waals surface area (Å²) in [7, 11) is 0. The van der Waals surface area contributed by atoms with Gasteiger partial charge >= 0.3 is 6.18 Å². The molecule has 1 heterocycles. The first kappa shape index (κ1) is 20.0. The average molecular weight is 390 g/mol. The number of phenolic OH excluding ortho intramolecular Hbond substituents is 1. The second kappa shape index (κ2) is 7.70. The largest absolute Gasteiger partial charge is 0.508 e. The normalized spacial score (nSPS) is 12.1. The topological polar surface area (TPSA) is 50.4 Å². The Labute approximate surface area is 160 Å². The fourth-order valence-corrected chi connectivity index (χ4v) is 3.43. The zero-order valence-corrected chi connectivity index (χ0v) is 15.6. The highest BCUT2D eigenvalue weighted by molar-refractivity contribution is 5.86. The van der Waals surface area contributed by atoms with Crippen LogP contribution in [0.2, 0.25) is 0 Å². The average Bonchev–Trinajstić information content (AvgIpc) is 2.67. The lowest BCUT2D eigenvalue weighted by Gasteiger charge is -2.17. The molecule has 148 valence electrons. The van der Waals surface area contributed by atoms with Gasteiger partial charge in [-0.1, -0.05) is 57.0 Å². The summed E-state index contributed by atoms with van der Waals surface area (Å²) in [5, 5.41) is 10.3. The van der Waals surface area contributed by atoms with Crippen molar-refractivity contribution in [3.05, 3.63) is 64.0 Å². The number of hydrogen-bond acceptors (Lipinski definition) is 3. The number of aromatic hydroxyl groups is 1. The highest BCUT2D eigenvalue weighted by Gasteiger charge is 2.39. The van der Waals surface area contributed by atoms with Crippen LogP contribution in [0.3, 0.4) is 0 Å². The molecule has 0 fully saturated rings. The number of halogens is 3. The molecule has 0 amide bonds. The Kier molecular flexibility index (Phi) is 5.49. The van der Waals surface area contributed by atoms with Gasteiger partial charge in [0, 0.05) is 5.56 Å². The summed E-state index contributed by atoms with van der Waals surface area (Å²) in [5.74, 6) is -1.35. The Hall–Kier alpha value is -2.76. The molecule has 28 heavy (non-hydrogen) atoms. The molecule has 0 aliphatic carbocycles. The van der Waals surface area contributed by atoms with E-state index < -0.39 is 22.9 Å². The lowest BCUT2D eigenvalue weighted by atomic mass is 9.92. The monoisotopic (exact) mass is 390 g/mol. The molecule has 1 N–H and O–H groups in total. The maximum absolute atomic E-state index is 13.8. The number of phenols is 1. The SMILES string of the molecule is CCC(CC)Cc1c(O)ccc2c(=O)c(-c3ccccc3)c(C(F)(F)F)oc12. The van der Waals surface area contributed by atoms with Crippen molar-refractivity contribution in [2.75, 3.05) is 0 Å². The number of benzene rings is 2. The van der Waals surface area contributed by atoms with E-state index in [2.05, 4.69) is 0 Å². The number of hydrogen-bond donors (Lipinski definition) is 1. The van der Waals surface area contributed by atoms with Crippen molar-refractivity contribution in [1.82, 2.24) is 0 Å². The molecule has 0 saturated heterocycles. The van der Waals surface area contributed by atoms with Crippen molar-refractivity contribution in [2.24, 2.45) is 5.92 Å².